The number of hydrogen-bond donors (Lipinski definition) is 1. The number of phenols is 1. The zero-order chi connectivity index (χ0) is 9.26. The topological polar surface area (TPSA) is 46.0 Å². The molecular weight excluding hydrogens is 184 g/mol. The Kier molecular flexibility index (Phi) is 2.06. The summed E-state index contributed by atoms with van der Waals surface area (Å²) in [4.78, 5) is 8.37. The lowest BCUT2D eigenvalue weighted by Crippen LogP contribution is -1.85. The first-order valence-electron chi connectivity index (χ1n) is 3.79. The highest BCUT2D eigenvalue weighted by molar-refractivity contribution is 7.98. The molecule has 0 aliphatic rings. The van der Waals surface area contributed by atoms with Gasteiger partial charge in [-0.3, -0.25) is 0 Å². The van der Waals surface area contributed by atoms with Gasteiger partial charge < -0.3 is 5.11 Å². The van der Waals surface area contributed by atoms with Gasteiger partial charge in [-0.25, -0.2) is 9.97 Å². The molecule has 13 heavy (non-hydrogen) atoms. The molecule has 0 saturated heterocycles. The van der Waals surface area contributed by atoms with Crippen LogP contribution in [0, 0.1) is 0 Å². The van der Waals surface area contributed by atoms with Crippen LogP contribution in [0.3, 0.4) is 0 Å². The van der Waals surface area contributed by atoms with Crippen LogP contribution in [-0.2, 0) is 0 Å². The molecule has 0 atom stereocenters. The van der Waals surface area contributed by atoms with Crippen molar-refractivity contribution in [1.29, 1.82) is 0 Å². The summed E-state index contributed by atoms with van der Waals surface area (Å²) < 4.78 is 0. The van der Waals surface area contributed by atoms with Crippen molar-refractivity contribution in [2.45, 2.75) is 5.16 Å². The molecule has 1 heterocycles. The molecule has 0 amide bonds. The molecule has 4 heteroatoms. The Labute approximate surface area is 79.8 Å². The predicted octanol–water partition coefficient (Wildman–Crippen LogP) is 2.06. The van der Waals surface area contributed by atoms with Crippen molar-refractivity contribution in [2.75, 3.05) is 6.26 Å². The Morgan fingerprint density at radius 2 is 2.23 bits per heavy atom. The fourth-order valence-electron chi connectivity index (χ4n) is 1.09. The monoisotopic (exact) mass is 192 g/mol. The van der Waals surface area contributed by atoms with Gasteiger partial charge in [0.05, 0.1) is 5.52 Å². The fraction of sp³-hybridized carbons (Fsp3) is 0.111. The molecule has 66 valence electrons. The van der Waals surface area contributed by atoms with E-state index >= 15 is 0 Å². The molecule has 1 aromatic heterocycles. The Balaban J connectivity index is 2.68. The first-order chi connectivity index (χ1) is 6.29. The second kappa shape index (κ2) is 3.22. The van der Waals surface area contributed by atoms with Gasteiger partial charge in [-0.05, 0) is 18.4 Å². The maximum atomic E-state index is 9.23. The normalized spacial score (nSPS) is 10.5. The van der Waals surface area contributed by atoms with E-state index in [1.165, 1.54) is 11.8 Å². The van der Waals surface area contributed by atoms with E-state index in [-0.39, 0.29) is 5.75 Å². The summed E-state index contributed by atoms with van der Waals surface area (Å²) in [7, 11) is 0. The van der Waals surface area contributed by atoms with E-state index < -0.39 is 0 Å². The number of hydrogen-bond acceptors (Lipinski definition) is 4. The molecule has 1 aromatic carbocycles. The van der Waals surface area contributed by atoms with E-state index in [1.807, 2.05) is 6.26 Å². The largest absolute Gasteiger partial charge is 0.508 e. The van der Waals surface area contributed by atoms with E-state index in [2.05, 4.69) is 9.97 Å². The highest BCUT2D eigenvalue weighted by atomic mass is 32.2. The van der Waals surface area contributed by atoms with Crippen LogP contribution in [0.4, 0.5) is 0 Å². The van der Waals surface area contributed by atoms with Crippen LogP contribution in [0.25, 0.3) is 10.9 Å². The molecule has 1 N–H and O–H groups in total. The summed E-state index contributed by atoms with van der Waals surface area (Å²) >= 11 is 1.49. The summed E-state index contributed by atoms with van der Waals surface area (Å²) in [5.41, 5.74) is 0.777. The van der Waals surface area contributed by atoms with Gasteiger partial charge >= 0.3 is 0 Å². The van der Waals surface area contributed by atoms with E-state index in [9.17, 15) is 5.11 Å². The van der Waals surface area contributed by atoms with E-state index in [0.717, 1.165) is 16.1 Å². The van der Waals surface area contributed by atoms with Crippen molar-refractivity contribution in [3.8, 4) is 5.75 Å². The Bertz CT molecular complexity index is 445. The fourth-order valence-corrected chi connectivity index (χ4v) is 1.44. The van der Waals surface area contributed by atoms with Gasteiger partial charge in [0.15, 0.2) is 5.16 Å². The zero-order valence-corrected chi connectivity index (χ0v) is 7.88. The third-order valence-electron chi connectivity index (χ3n) is 1.73. The zero-order valence-electron chi connectivity index (χ0n) is 7.06. The van der Waals surface area contributed by atoms with Crippen LogP contribution in [0.1, 0.15) is 0 Å². The summed E-state index contributed by atoms with van der Waals surface area (Å²) in [5, 5.41) is 10.9. The molecule has 0 saturated carbocycles. The Morgan fingerprint density at radius 1 is 1.38 bits per heavy atom. The van der Waals surface area contributed by atoms with Gasteiger partial charge in [-0.15, -0.1) is 0 Å². The van der Waals surface area contributed by atoms with Crippen molar-refractivity contribution in [1.82, 2.24) is 9.97 Å². The van der Waals surface area contributed by atoms with Crippen molar-refractivity contribution in [3.05, 3.63) is 24.4 Å². The van der Waals surface area contributed by atoms with E-state index in [0.29, 0.717) is 0 Å². The summed E-state index contributed by atoms with van der Waals surface area (Å²) in [5.74, 6) is 0.234. The van der Waals surface area contributed by atoms with Gasteiger partial charge in [-0.1, -0.05) is 11.8 Å². The van der Waals surface area contributed by atoms with Crippen LogP contribution < -0.4 is 0 Å². The van der Waals surface area contributed by atoms with Crippen LogP contribution in [-0.4, -0.2) is 21.3 Å². The minimum Gasteiger partial charge on any atom is -0.508 e. The summed E-state index contributed by atoms with van der Waals surface area (Å²) in [6, 6.07) is 5.07. The number of nitrogens with zero attached hydrogens (tertiary/aromatic N) is 2. The minimum absolute atomic E-state index is 0.234. The molecule has 2 aromatic rings. The van der Waals surface area contributed by atoms with Crippen molar-refractivity contribution in [2.24, 2.45) is 0 Å². The van der Waals surface area contributed by atoms with Crippen molar-refractivity contribution in [3.63, 3.8) is 0 Å². The highest BCUT2D eigenvalue weighted by Crippen LogP contribution is 2.19. The molecule has 2 rings (SSSR count). The number of thioether (sulfide) groups is 1. The SMILES string of the molecule is CSc1ncc2ccc(O)cc2n1. The van der Waals surface area contributed by atoms with Gasteiger partial charge in [-0.2, -0.15) is 0 Å². The molecular formula is C9H8N2OS. The third kappa shape index (κ3) is 1.58. The number of aromatic hydroxyl groups is 1. The van der Waals surface area contributed by atoms with Crippen LogP contribution in [0.15, 0.2) is 29.6 Å². The maximum absolute atomic E-state index is 9.23. The average Bonchev–Trinajstić information content (AvgIpc) is 2.16. The van der Waals surface area contributed by atoms with Crippen LogP contribution >= 0.6 is 11.8 Å². The molecule has 0 unspecified atom stereocenters. The first-order valence-corrected chi connectivity index (χ1v) is 5.02. The Hall–Kier alpha value is -1.29. The standard InChI is InChI=1S/C9H8N2OS/c1-13-9-10-5-6-2-3-7(12)4-8(6)11-9/h2-5,12H,1H3. The number of fused-ring (bicyclic) bond motifs is 1. The summed E-state index contributed by atoms with van der Waals surface area (Å²) in [6.07, 6.45) is 3.68. The number of benzene rings is 1. The van der Waals surface area contributed by atoms with Crippen molar-refractivity contribution >= 4 is 22.7 Å². The van der Waals surface area contributed by atoms with Crippen LogP contribution in [0.5, 0.6) is 5.75 Å². The average molecular weight is 192 g/mol. The summed E-state index contributed by atoms with van der Waals surface area (Å²) in [6.45, 7) is 0. The lowest BCUT2D eigenvalue weighted by Gasteiger charge is -1.99. The Morgan fingerprint density at radius 3 is 3.00 bits per heavy atom. The quantitative estimate of drug-likeness (QED) is 0.555. The van der Waals surface area contributed by atoms with E-state index in [1.54, 1.807) is 24.4 Å². The molecule has 0 radical (unpaired) electrons. The maximum Gasteiger partial charge on any atom is 0.187 e. The lowest BCUT2D eigenvalue weighted by atomic mass is 10.2. The molecule has 0 bridgehead atoms. The second-order valence-electron chi connectivity index (χ2n) is 2.60. The predicted molar refractivity (Wildman–Crippen MR) is 53.0 cm³/mol. The van der Waals surface area contributed by atoms with Crippen molar-refractivity contribution < 1.29 is 5.11 Å². The second-order valence-corrected chi connectivity index (χ2v) is 3.37. The highest BCUT2D eigenvalue weighted by Gasteiger charge is 1.98. The number of aromatic nitrogens is 2. The minimum atomic E-state index is 0.234. The van der Waals surface area contributed by atoms with E-state index in [4.69, 9.17) is 0 Å². The van der Waals surface area contributed by atoms with Gasteiger partial charge in [0.1, 0.15) is 5.75 Å². The molecule has 3 nitrogen and oxygen atoms in total. The van der Waals surface area contributed by atoms with Gasteiger partial charge in [0.2, 0.25) is 0 Å². The number of rotatable bonds is 1. The smallest absolute Gasteiger partial charge is 0.187 e. The van der Waals surface area contributed by atoms with Gasteiger partial charge in [0.25, 0.3) is 0 Å². The number of phenolic OH excluding ortho intramolecular Hbond substituents is 1. The molecule has 0 fully saturated rings. The molecule has 0 aliphatic carbocycles. The van der Waals surface area contributed by atoms with Gasteiger partial charge in [0, 0.05) is 17.6 Å². The lowest BCUT2D eigenvalue weighted by molar-refractivity contribution is 0.476. The molecule has 0 spiro atoms. The van der Waals surface area contributed by atoms with Crippen LogP contribution in [0.2, 0.25) is 0 Å². The molecule has 0 aliphatic heterocycles. The third-order valence-corrected chi connectivity index (χ3v) is 2.29. The first kappa shape index (κ1) is 8.31.